The van der Waals surface area contributed by atoms with Gasteiger partial charge in [0.25, 0.3) is 0 Å². The fourth-order valence-electron chi connectivity index (χ4n) is 2.55. The summed E-state index contributed by atoms with van der Waals surface area (Å²) in [4.78, 5) is 6.63. The molecule has 0 spiro atoms. The lowest BCUT2D eigenvalue weighted by Crippen LogP contribution is -2.39. The SMILES string of the molecule is CC(C)c1noc(N2CCC(OC3CCC3)CC2)n1. The van der Waals surface area contributed by atoms with Crippen LogP contribution in [0.2, 0.25) is 0 Å². The van der Waals surface area contributed by atoms with Crippen molar-refractivity contribution in [3.05, 3.63) is 5.82 Å². The van der Waals surface area contributed by atoms with Crippen LogP contribution >= 0.6 is 0 Å². The lowest BCUT2D eigenvalue weighted by Gasteiger charge is -2.35. The first-order valence-corrected chi connectivity index (χ1v) is 7.46. The summed E-state index contributed by atoms with van der Waals surface area (Å²) >= 11 is 0. The number of hydrogen-bond donors (Lipinski definition) is 0. The molecule has 1 aromatic heterocycles. The first-order valence-electron chi connectivity index (χ1n) is 7.46. The topological polar surface area (TPSA) is 51.4 Å². The van der Waals surface area contributed by atoms with Crippen molar-refractivity contribution in [2.45, 2.75) is 64.1 Å². The predicted octanol–water partition coefficient (Wildman–Crippen LogP) is 2.73. The normalized spacial score (nSPS) is 21.9. The molecule has 0 bridgehead atoms. The minimum Gasteiger partial charge on any atom is -0.375 e. The molecule has 0 aromatic carbocycles. The first kappa shape index (κ1) is 12.9. The van der Waals surface area contributed by atoms with Crippen molar-refractivity contribution in [1.82, 2.24) is 10.1 Å². The van der Waals surface area contributed by atoms with Crippen molar-refractivity contribution in [2.75, 3.05) is 18.0 Å². The number of aromatic nitrogens is 2. The number of ether oxygens (including phenoxy) is 1. The number of anilines is 1. The molecular formula is C14H23N3O2. The van der Waals surface area contributed by atoms with Gasteiger partial charge in [-0.3, -0.25) is 0 Å². The smallest absolute Gasteiger partial charge is 0.324 e. The summed E-state index contributed by atoms with van der Waals surface area (Å²) in [5, 5.41) is 4.02. The molecule has 3 rings (SSSR count). The summed E-state index contributed by atoms with van der Waals surface area (Å²) in [6, 6.07) is 0.672. The second-order valence-corrected chi connectivity index (χ2v) is 5.97. The highest BCUT2D eigenvalue weighted by molar-refractivity contribution is 5.26. The van der Waals surface area contributed by atoms with E-state index < -0.39 is 0 Å². The van der Waals surface area contributed by atoms with E-state index >= 15 is 0 Å². The highest BCUT2D eigenvalue weighted by Gasteiger charge is 2.27. The molecule has 5 nitrogen and oxygen atoms in total. The third-order valence-corrected chi connectivity index (χ3v) is 4.10. The molecule has 0 amide bonds. The standard InChI is InChI=1S/C14H23N3O2/c1-10(2)13-15-14(19-16-13)17-8-6-12(7-9-17)18-11-4-3-5-11/h10-12H,3-9H2,1-2H3. The Morgan fingerprint density at radius 2 is 1.84 bits per heavy atom. The minimum atomic E-state index is 0.317. The van der Waals surface area contributed by atoms with Crippen molar-refractivity contribution in [2.24, 2.45) is 0 Å². The zero-order valence-corrected chi connectivity index (χ0v) is 11.8. The summed E-state index contributed by atoms with van der Waals surface area (Å²) in [5.74, 6) is 1.11. The van der Waals surface area contributed by atoms with Crippen molar-refractivity contribution < 1.29 is 9.26 Å². The van der Waals surface area contributed by atoms with Crippen LogP contribution in [-0.2, 0) is 4.74 Å². The Kier molecular flexibility index (Phi) is 3.73. The molecule has 1 aliphatic carbocycles. The van der Waals surface area contributed by atoms with Gasteiger partial charge < -0.3 is 14.2 Å². The predicted molar refractivity (Wildman–Crippen MR) is 72.3 cm³/mol. The van der Waals surface area contributed by atoms with E-state index in [0.29, 0.717) is 24.1 Å². The summed E-state index contributed by atoms with van der Waals surface area (Å²) in [6.07, 6.45) is 6.93. The third-order valence-electron chi connectivity index (χ3n) is 4.10. The Balaban J connectivity index is 1.51. The van der Waals surface area contributed by atoms with Gasteiger partial charge in [0, 0.05) is 19.0 Å². The van der Waals surface area contributed by atoms with Crippen LogP contribution in [0.3, 0.4) is 0 Å². The molecule has 5 heteroatoms. The van der Waals surface area contributed by atoms with Gasteiger partial charge in [-0.05, 0) is 32.1 Å². The van der Waals surface area contributed by atoms with Gasteiger partial charge >= 0.3 is 6.01 Å². The fraction of sp³-hybridized carbons (Fsp3) is 0.857. The van der Waals surface area contributed by atoms with Crippen molar-refractivity contribution in [3.8, 4) is 0 Å². The van der Waals surface area contributed by atoms with Crippen LogP contribution in [0.4, 0.5) is 6.01 Å². The van der Waals surface area contributed by atoms with E-state index in [1.54, 1.807) is 0 Å². The molecule has 106 valence electrons. The van der Waals surface area contributed by atoms with Gasteiger partial charge in [0.1, 0.15) is 0 Å². The van der Waals surface area contributed by atoms with E-state index in [9.17, 15) is 0 Å². The van der Waals surface area contributed by atoms with Crippen LogP contribution in [0.5, 0.6) is 0 Å². The number of piperidine rings is 1. The van der Waals surface area contributed by atoms with E-state index in [1.807, 2.05) is 0 Å². The van der Waals surface area contributed by atoms with Crippen LogP contribution in [0.25, 0.3) is 0 Å². The Bertz CT molecular complexity index is 407. The molecule has 0 N–H and O–H groups in total. The minimum absolute atomic E-state index is 0.317. The molecule has 1 saturated heterocycles. The molecule has 1 saturated carbocycles. The van der Waals surface area contributed by atoms with Crippen molar-refractivity contribution >= 4 is 6.01 Å². The van der Waals surface area contributed by atoms with Crippen molar-refractivity contribution in [3.63, 3.8) is 0 Å². The van der Waals surface area contributed by atoms with E-state index in [-0.39, 0.29) is 0 Å². The van der Waals surface area contributed by atoms with Crippen LogP contribution in [-0.4, -0.2) is 35.4 Å². The maximum absolute atomic E-state index is 6.06. The van der Waals surface area contributed by atoms with Gasteiger partial charge in [0.15, 0.2) is 5.82 Å². The highest BCUT2D eigenvalue weighted by Crippen LogP contribution is 2.27. The first-order chi connectivity index (χ1) is 9.22. The molecule has 1 aliphatic heterocycles. The van der Waals surface area contributed by atoms with E-state index in [4.69, 9.17) is 9.26 Å². The van der Waals surface area contributed by atoms with Crippen LogP contribution in [0.1, 0.15) is 57.7 Å². The maximum atomic E-state index is 6.06. The van der Waals surface area contributed by atoms with Gasteiger partial charge in [-0.15, -0.1) is 0 Å². The molecule has 2 fully saturated rings. The van der Waals surface area contributed by atoms with Gasteiger partial charge in [-0.2, -0.15) is 4.98 Å². The third kappa shape index (κ3) is 2.91. The second kappa shape index (κ2) is 5.49. The van der Waals surface area contributed by atoms with Crippen LogP contribution in [0.15, 0.2) is 4.52 Å². The second-order valence-electron chi connectivity index (χ2n) is 5.97. The van der Waals surface area contributed by atoms with Gasteiger partial charge in [0.2, 0.25) is 0 Å². The van der Waals surface area contributed by atoms with E-state index in [2.05, 4.69) is 28.9 Å². The summed E-state index contributed by atoms with van der Waals surface area (Å²) in [5.41, 5.74) is 0. The van der Waals surface area contributed by atoms with Crippen LogP contribution in [0, 0.1) is 0 Å². The number of nitrogens with zero attached hydrogens (tertiary/aromatic N) is 3. The van der Waals surface area contributed by atoms with Crippen molar-refractivity contribution in [1.29, 1.82) is 0 Å². The number of rotatable bonds is 4. The molecule has 19 heavy (non-hydrogen) atoms. The molecule has 0 unspecified atom stereocenters. The highest BCUT2D eigenvalue weighted by atomic mass is 16.5. The molecule has 0 radical (unpaired) electrons. The zero-order valence-electron chi connectivity index (χ0n) is 11.8. The Morgan fingerprint density at radius 1 is 1.16 bits per heavy atom. The van der Waals surface area contributed by atoms with Gasteiger partial charge in [0.05, 0.1) is 12.2 Å². The lowest BCUT2D eigenvalue weighted by atomic mass is 9.95. The molecule has 2 aliphatic rings. The summed E-state index contributed by atoms with van der Waals surface area (Å²) < 4.78 is 11.4. The molecule has 0 atom stereocenters. The average molecular weight is 265 g/mol. The zero-order chi connectivity index (χ0) is 13.2. The van der Waals surface area contributed by atoms with Gasteiger partial charge in [-0.1, -0.05) is 19.0 Å². The van der Waals surface area contributed by atoms with Gasteiger partial charge in [-0.25, -0.2) is 0 Å². The fourth-order valence-corrected chi connectivity index (χ4v) is 2.55. The van der Waals surface area contributed by atoms with E-state index in [1.165, 1.54) is 19.3 Å². The Hall–Kier alpha value is -1.10. The summed E-state index contributed by atoms with van der Waals surface area (Å²) in [6.45, 7) is 6.06. The average Bonchev–Trinajstić information content (AvgIpc) is 2.84. The van der Waals surface area contributed by atoms with E-state index in [0.717, 1.165) is 31.8 Å². The summed E-state index contributed by atoms with van der Waals surface area (Å²) in [7, 11) is 0. The van der Waals surface area contributed by atoms with Crippen LogP contribution < -0.4 is 4.90 Å². The monoisotopic (exact) mass is 265 g/mol. The molecule has 1 aromatic rings. The lowest BCUT2D eigenvalue weighted by molar-refractivity contribution is -0.0598. The molecular weight excluding hydrogens is 242 g/mol. The maximum Gasteiger partial charge on any atom is 0.324 e. The Morgan fingerprint density at radius 3 is 2.37 bits per heavy atom. The largest absolute Gasteiger partial charge is 0.375 e. The number of hydrogen-bond acceptors (Lipinski definition) is 5. The molecule has 2 heterocycles. The quantitative estimate of drug-likeness (QED) is 0.837. The Labute approximate surface area is 114 Å².